The van der Waals surface area contributed by atoms with Gasteiger partial charge < -0.3 is 14.8 Å². The molecule has 0 bridgehead atoms. The Morgan fingerprint density at radius 2 is 1.90 bits per heavy atom. The zero-order valence-corrected chi connectivity index (χ0v) is 17.9. The molecule has 1 N–H and O–H groups in total. The highest BCUT2D eigenvalue weighted by Crippen LogP contribution is 2.40. The molecule has 2 fully saturated rings. The van der Waals surface area contributed by atoms with E-state index in [1.54, 1.807) is 19.2 Å². The molecule has 2 saturated heterocycles. The van der Waals surface area contributed by atoms with Gasteiger partial charge in [0.2, 0.25) is 0 Å². The Hall–Kier alpha value is -2.48. The van der Waals surface area contributed by atoms with Crippen LogP contribution in [0.15, 0.2) is 48.5 Å². The van der Waals surface area contributed by atoms with Crippen molar-refractivity contribution in [1.29, 1.82) is 0 Å². The topological polar surface area (TPSA) is 67.9 Å². The number of hydrogen-bond acceptors (Lipinski definition) is 5. The van der Waals surface area contributed by atoms with Crippen LogP contribution in [0.4, 0.5) is 9.18 Å². The Kier molecular flexibility index (Phi) is 6.27. The van der Waals surface area contributed by atoms with Gasteiger partial charge in [-0.05, 0) is 48.4 Å². The molecule has 2 heterocycles. The maximum Gasteiger partial charge on any atom is 0.415 e. The van der Waals surface area contributed by atoms with Crippen LogP contribution in [0.2, 0.25) is 5.02 Å². The summed E-state index contributed by atoms with van der Waals surface area (Å²) >= 11 is 6.06. The summed E-state index contributed by atoms with van der Waals surface area (Å²) < 4.78 is 24.1. The fraction of sp³-hybridized carbons (Fsp3) is 0.391. The number of Topliss-reactive ketones (excluding diaryl/α,β-unsaturated/α-hetero) is 1. The third kappa shape index (κ3) is 4.18. The minimum absolute atomic E-state index is 0.0477. The normalized spacial score (nSPS) is 25.4. The number of carbonyl (C=O) groups excluding carboxylic acids is 2. The van der Waals surface area contributed by atoms with Gasteiger partial charge in [0.05, 0.1) is 6.61 Å². The average molecular weight is 447 g/mol. The number of likely N-dealkylation sites (N-methyl/N-ethyl adjacent to an activating group) is 1. The maximum absolute atomic E-state index is 13.8. The summed E-state index contributed by atoms with van der Waals surface area (Å²) in [5.74, 6) is -0.851. The molecule has 0 aromatic heterocycles. The van der Waals surface area contributed by atoms with E-state index in [1.165, 1.54) is 29.2 Å². The van der Waals surface area contributed by atoms with Crippen molar-refractivity contribution >= 4 is 23.5 Å². The van der Waals surface area contributed by atoms with E-state index in [1.807, 2.05) is 12.1 Å². The maximum atomic E-state index is 13.8. The van der Waals surface area contributed by atoms with Crippen molar-refractivity contribution in [3.8, 4) is 5.75 Å². The highest BCUT2D eigenvalue weighted by molar-refractivity contribution is 6.30. The van der Waals surface area contributed by atoms with Gasteiger partial charge in [0, 0.05) is 43.6 Å². The number of ether oxygens (including phenoxy) is 2. The van der Waals surface area contributed by atoms with Crippen LogP contribution in [0.3, 0.4) is 0 Å². The second-order valence-corrected chi connectivity index (χ2v) is 8.40. The smallest absolute Gasteiger partial charge is 0.410 e. The van der Waals surface area contributed by atoms with Crippen LogP contribution in [0.1, 0.15) is 17.9 Å². The van der Waals surface area contributed by atoms with Crippen molar-refractivity contribution in [3.63, 3.8) is 0 Å². The van der Waals surface area contributed by atoms with Gasteiger partial charge in [0.25, 0.3) is 0 Å². The first kappa shape index (κ1) is 21.7. The largest absolute Gasteiger partial charge is 0.415 e. The number of nitrogens with zero attached hydrogens (tertiary/aromatic N) is 1. The molecule has 8 heteroatoms. The van der Waals surface area contributed by atoms with Crippen LogP contribution < -0.4 is 10.1 Å². The second kappa shape index (κ2) is 8.94. The van der Waals surface area contributed by atoms with E-state index < -0.39 is 17.4 Å². The number of rotatable bonds is 5. The Labute approximate surface area is 185 Å². The van der Waals surface area contributed by atoms with Crippen molar-refractivity contribution in [2.45, 2.75) is 17.9 Å². The lowest BCUT2D eigenvalue weighted by atomic mass is 9.74. The van der Waals surface area contributed by atoms with E-state index in [0.717, 1.165) is 5.56 Å². The summed E-state index contributed by atoms with van der Waals surface area (Å²) in [6.07, 6.45) is -0.0593. The monoisotopic (exact) mass is 446 g/mol. The van der Waals surface area contributed by atoms with E-state index in [9.17, 15) is 14.0 Å². The molecule has 2 aromatic carbocycles. The Morgan fingerprint density at radius 1 is 1.19 bits per heavy atom. The van der Waals surface area contributed by atoms with E-state index >= 15 is 0 Å². The highest BCUT2D eigenvalue weighted by atomic mass is 35.5. The van der Waals surface area contributed by atoms with Gasteiger partial charge in [0.15, 0.2) is 5.78 Å². The molecular formula is C23H24ClFN2O4. The van der Waals surface area contributed by atoms with Gasteiger partial charge in [-0.1, -0.05) is 23.7 Å². The Morgan fingerprint density at radius 3 is 2.55 bits per heavy atom. The zero-order chi connectivity index (χ0) is 22.0. The van der Waals surface area contributed by atoms with Crippen LogP contribution in [0.25, 0.3) is 0 Å². The van der Waals surface area contributed by atoms with Crippen LogP contribution in [-0.2, 0) is 9.53 Å². The van der Waals surface area contributed by atoms with Crippen LogP contribution in [-0.4, -0.2) is 55.7 Å². The molecule has 2 aliphatic rings. The van der Waals surface area contributed by atoms with E-state index in [2.05, 4.69) is 5.32 Å². The van der Waals surface area contributed by atoms with Crippen molar-refractivity contribution < 1.29 is 23.5 Å². The number of ketones is 1. The number of nitrogens with one attached hydrogen (secondary N) is 1. The average Bonchev–Trinajstić information content (AvgIpc) is 3.46. The molecule has 0 radical (unpaired) electrons. The van der Waals surface area contributed by atoms with Gasteiger partial charge in [-0.3, -0.25) is 9.69 Å². The lowest BCUT2D eigenvalue weighted by Crippen LogP contribution is -2.62. The second-order valence-electron chi connectivity index (χ2n) is 7.96. The fourth-order valence-electron chi connectivity index (χ4n) is 4.49. The summed E-state index contributed by atoms with van der Waals surface area (Å²) in [4.78, 5) is 28.3. The lowest BCUT2D eigenvalue weighted by Gasteiger charge is -2.42. The molecule has 6 nitrogen and oxygen atoms in total. The number of halogens is 2. The molecule has 1 unspecified atom stereocenters. The molecule has 2 aliphatic heterocycles. The number of amides is 1. The molecular weight excluding hydrogens is 423 g/mol. The predicted molar refractivity (Wildman–Crippen MR) is 114 cm³/mol. The summed E-state index contributed by atoms with van der Waals surface area (Å²) in [5.41, 5.74) is -0.244. The Bertz CT molecular complexity index is 947. The summed E-state index contributed by atoms with van der Waals surface area (Å²) in [5, 5.41) is 3.89. The molecule has 1 amide bonds. The third-order valence-corrected chi connectivity index (χ3v) is 6.46. The standard InChI is InChI=1S/C23H24ClFN2O4/c1-27(22(29)31-19-8-6-18(25)7-9-19)23(21(28)16-10-11-30-13-16)14-26-12-20(23)15-2-4-17(24)5-3-15/h2-9,16,20,26H,10-14H2,1H3/t16?,20-,23+/m0/s1. The van der Waals surface area contributed by atoms with Crippen LogP contribution in [0.5, 0.6) is 5.75 Å². The molecule has 164 valence electrons. The summed E-state index contributed by atoms with van der Waals surface area (Å²) in [7, 11) is 1.58. The first-order valence-electron chi connectivity index (χ1n) is 10.2. The first-order chi connectivity index (χ1) is 14.9. The highest BCUT2D eigenvalue weighted by Gasteiger charge is 2.56. The van der Waals surface area contributed by atoms with E-state index in [-0.39, 0.29) is 23.4 Å². The molecule has 2 aromatic rings. The summed E-state index contributed by atoms with van der Waals surface area (Å²) in [6, 6.07) is 12.5. The zero-order valence-electron chi connectivity index (χ0n) is 17.1. The van der Waals surface area contributed by atoms with Gasteiger partial charge in [-0.2, -0.15) is 0 Å². The van der Waals surface area contributed by atoms with Gasteiger partial charge >= 0.3 is 6.09 Å². The van der Waals surface area contributed by atoms with Gasteiger partial charge in [0.1, 0.15) is 17.1 Å². The SMILES string of the molecule is CN(C(=O)Oc1ccc(F)cc1)[C@]1(C(=O)C2CCOC2)CNC[C@H]1c1ccc(Cl)cc1. The number of carbonyl (C=O) groups is 2. The van der Waals surface area contributed by atoms with E-state index in [0.29, 0.717) is 37.7 Å². The van der Waals surface area contributed by atoms with Crippen molar-refractivity contribution in [3.05, 3.63) is 64.9 Å². The van der Waals surface area contributed by atoms with Gasteiger partial charge in [-0.15, -0.1) is 0 Å². The molecule has 3 atom stereocenters. The lowest BCUT2D eigenvalue weighted by molar-refractivity contribution is -0.133. The van der Waals surface area contributed by atoms with Gasteiger partial charge in [-0.25, -0.2) is 9.18 Å². The number of benzene rings is 2. The van der Waals surface area contributed by atoms with Crippen LogP contribution >= 0.6 is 11.6 Å². The first-order valence-corrected chi connectivity index (χ1v) is 10.6. The van der Waals surface area contributed by atoms with Crippen molar-refractivity contribution in [2.24, 2.45) is 5.92 Å². The minimum Gasteiger partial charge on any atom is -0.410 e. The molecule has 0 saturated carbocycles. The van der Waals surface area contributed by atoms with Crippen LogP contribution in [0, 0.1) is 11.7 Å². The molecule has 31 heavy (non-hydrogen) atoms. The Balaban J connectivity index is 1.69. The molecule has 4 rings (SSSR count). The predicted octanol–water partition coefficient (Wildman–Crippen LogP) is 3.64. The quantitative estimate of drug-likeness (QED) is 0.759. The summed E-state index contributed by atoms with van der Waals surface area (Å²) in [6.45, 7) is 1.68. The third-order valence-electron chi connectivity index (χ3n) is 6.21. The number of hydrogen-bond donors (Lipinski definition) is 1. The molecule has 0 aliphatic carbocycles. The molecule has 0 spiro atoms. The van der Waals surface area contributed by atoms with Crippen molar-refractivity contribution in [2.75, 3.05) is 33.4 Å². The van der Waals surface area contributed by atoms with E-state index in [4.69, 9.17) is 21.1 Å². The van der Waals surface area contributed by atoms with Crippen molar-refractivity contribution in [1.82, 2.24) is 10.2 Å². The minimum atomic E-state index is -1.15. The fourth-order valence-corrected chi connectivity index (χ4v) is 4.62.